The van der Waals surface area contributed by atoms with Crippen molar-refractivity contribution >= 4 is 0 Å². The van der Waals surface area contributed by atoms with Crippen LogP contribution in [0, 0.1) is 6.92 Å². The fourth-order valence-corrected chi connectivity index (χ4v) is 2.28. The third kappa shape index (κ3) is 3.12. The van der Waals surface area contributed by atoms with Gasteiger partial charge in [0.25, 0.3) is 0 Å². The highest BCUT2D eigenvalue weighted by molar-refractivity contribution is 5.30. The maximum Gasteiger partial charge on any atom is 0.137 e. The van der Waals surface area contributed by atoms with E-state index in [1.807, 2.05) is 4.68 Å². The van der Waals surface area contributed by atoms with Crippen molar-refractivity contribution in [2.24, 2.45) is 0 Å². The van der Waals surface area contributed by atoms with Crippen molar-refractivity contribution in [1.29, 1.82) is 0 Å². The molecule has 0 aliphatic heterocycles. The predicted molar refractivity (Wildman–Crippen MR) is 79.6 cm³/mol. The first-order chi connectivity index (χ1) is 9.79. The minimum absolute atomic E-state index is 0.766. The Morgan fingerprint density at radius 1 is 0.950 bits per heavy atom. The van der Waals surface area contributed by atoms with Crippen LogP contribution in [0.3, 0.4) is 0 Å². The predicted octanol–water partition coefficient (Wildman–Crippen LogP) is 3.23. The van der Waals surface area contributed by atoms with E-state index in [4.69, 9.17) is 0 Å². The second-order valence-electron chi connectivity index (χ2n) is 5.08. The summed E-state index contributed by atoms with van der Waals surface area (Å²) in [5.41, 5.74) is 5.22. The SMILES string of the molecule is Cc1ccc(Cc2cccc(Cn3cncn3)c2)cc1. The molecule has 3 rings (SSSR count). The van der Waals surface area contributed by atoms with Crippen LogP contribution in [0.4, 0.5) is 0 Å². The van der Waals surface area contributed by atoms with Gasteiger partial charge in [-0.1, -0.05) is 54.1 Å². The Kier molecular flexibility index (Phi) is 3.59. The van der Waals surface area contributed by atoms with Crippen molar-refractivity contribution in [3.05, 3.63) is 83.4 Å². The second kappa shape index (κ2) is 5.70. The van der Waals surface area contributed by atoms with Gasteiger partial charge in [-0.3, -0.25) is 0 Å². The summed E-state index contributed by atoms with van der Waals surface area (Å²) < 4.78 is 1.84. The monoisotopic (exact) mass is 263 g/mol. The molecule has 0 bridgehead atoms. The first-order valence-corrected chi connectivity index (χ1v) is 6.75. The minimum atomic E-state index is 0.766. The average molecular weight is 263 g/mol. The maximum atomic E-state index is 4.14. The molecular formula is C17H17N3. The Hall–Kier alpha value is -2.42. The van der Waals surface area contributed by atoms with Crippen LogP contribution in [-0.4, -0.2) is 14.8 Å². The molecule has 100 valence electrons. The van der Waals surface area contributed by atoms with Crippen molar-refractivity contribution in [3.8, 4) is 0 Å². The molecule has 1 heterocycles. The molecule has 3 nitrogen and oxygen atoms in total. The van der Waals surface area contributed by atoms with Crippen molar-refractivity contribution in [2.75, 3.05) is 0 Å². The van der Waals surface area contributed by atoms with Gasteiger partial charge < -0.3 is 0 Å². The van der Waals surface area contributed by atoms with Gasteiger partial charge in [-0.15, -0.1) is 0 Å². The van der Waals surface area contributed by atoms with E-state index in [0.29, 0.717) is 0 Å². The van der Waals surface area contributed by atoms with Gasteiger partial charge in [-0.25, -0.2) is 9.67 Å². The summed E-state index contributed by atoms with van der Waals surface area (Å²) in [6.45, 7) is 2.88. The standard InChI is InChI=1S/C17H17N3/c1-14-5-7-15(8-6-14)9-16-3-2-4-17(10-16)11-20-13-18-12-19-20/h2-8,10,12-13H,9,11H2,1H3. The molecule has 0 fully saturated rings. The number of hydrogen-bond acceptors (Lipinski definition) is 2. The molecule has 1 aromatic heterocycles. The van der Waals surface area contributed by atoms with Gasteiger partial charge in [0, 0.05) is 0 Å². The van der Waals surface area contributed by atoms with E-state index in [1.54, 1.807) is 12.7 Å². The van der Waals surface area contributed by atoms with Crippen LogP contribution in [-0.2, 0) is 13.0 Å². The fourth-order valence-electron chi connectivity index (χ4n) is 2.28. The van der Waals surface area contributed by atoms with E-state index < -0.39 is 0 Å². The molecule has 0 saturated heterocycles. The lowest BCUT2D eigenvalue weighted by molar-refractivity contribution is 0.684. The Morgan fingerprint density at radius 3 is 2.50 bits per heavy atom. The fraction of sp³-hybridized carbons (Fsp3) is 0.176. The molecule has 0 amide bonds. The maximum absolute atomic E-state index is 4.14. The lowest BCUT2D eigenvalue weighted by atomic mass is 10.0. The van der Waals surface area contributed by atoms with Crippen molar-refractivity contribution in [2.45, 2.75) is 19.9 Å². The van der Waals surface area contributed by atoms with Crippen LogP contribution < -0.4 is 0 Å². The summed E-state index contributed by atoms with van der Waals surface area (Å²) in [7, 11) is 0. The topological polar surface area (TPSA) is 30.7 Å². The van der Waals surface area contributed by atoms with E-state index in [2.05, 4.69) is 65.5 Å². The third-order valence-corrected chi connectivity index (χ3v) is 3.33. The van der Waals surface area contributed by atoms with Crippen LogP contribution in [0.2, 0.25) is 0 Å². The molecule has 0 saturated carbocycles. The van der Waals surface area contributed by atoms with Crippen molar-refractivity contribution < 1.29 is 0 Å². The molecular weight excluding hydrogens is 246 g/mol. The summed E-state index contributed by atoms with van der Waals surface area (Å²) in [5, 5.41) is 4.14. The number of aromatic nitrogens is 3. The third-order valence-electron chi connectivity index (χ3n) is 3.33. The van der Waals surface area contributed by atoms with Crippen LogP contribution >= 0.6 is 0 Å². The van der Waals surface area contributed by atoms with Gasteiger partial charge in [0.1, 0.15) is 12.7 Å². The number of nitrogens with zero attached hydrogens (tertiary/aromatic N) is 3. The van der Waals surface area contributed by atoms with E-state index >= 15 is 0 Å². The lowest BCUT2D eigenvalue weighted by Crippen LogP contribution is -2.00. The van der Waals surface area contributed by atoms with E-state index in [-0.39, 0.29) is 0 Å². The molecule has 0 atom stereocenters. The Labute approximate surface area is 118 Å². The Balaban J connectivity index is 1.75. The molecule has 3 aromatic rings. The summed E-state index contributed by atoms with van der Waals surface area (Å²) in [5.74, 6) is 0. The number of benzene rings is 2. The first kappa shape index (κ1) is 12.6. The largest absolute Gasteiger partial charge is 0.249 e. The molecule has 0 N–H and O–H groups in total. The van der Waals surface area contributed by atoms with Gasteiger partial charge in [0.2, 0.25) is 0 Å². The normalized spacial score (nSPS) is 10.7. The molecule has 0 aliphatic carbocycles. The summed E-state index contributed by atoms with van der Waals surface area (Å²) in [6, 6.07) is 17.4. The van der Waals surface area contributed by atoms with E-state index in [0.717, 1.165) is 13.0 Å². The van der Waals surface area contributed by atoms with Crippen molar-refractivity contribution in [1.82, 2.24) is 14.8 Å². The van der Waals surface area contributed by atoms with Gasteiger partial charge in [0.05, 0.1) is 6.54 Å². The minimum Gasteiger partial charge on any atom is -0.249 e. The highest BCUT2D eigenvalue weighted by atomic mass is 15.3. The summed E-state index contributed by atoms with van der Waals surface area (Å²) >= 11 is 0. The Bertz CT molecular complexity index is 670. The smallest absolute Gasteiger partial charge is 0.137 e. The molecule has 2 aromatic carbocycles. The van der Waals surface area contributed by atoms with E-state index in [1.165, 1.54) is 22.3 Å². The summed E-state index contributed by atoms with van der Waals surface area (Å²) in [4.78, 5) is 3.97. The van der Waals surface area contributed by atoms with Crippen LogP contribution in [0.1, 0.15) is 22.3 Å². The van der Waals surface area contributed by atoms with Gasteiger partial charge in [-0.2, -0.15) is 5.10 Å². The van der Waals surface area contributed by atoms with Crippen LogP contribution in [0.25, 0.3) is 0 Å². The molecule has 0 radical (unpaired) electrons. The van der Waals surface area contributed by atoms with Gasteiger partial charge in [-0.05, 0) is 30.0 Å². The van der Waals surface area contributed by atoms with Crippen LogP contribution in [0.15, 0.2) is 61.2 Å². The molecule has 3 heteroatoms. The zero-order valence-corrected chi connectivity index (χ0v) is 11.5. The first-order valence-electron chi connectivity index (χ1n) is 6.75. The van der Waals surface area contributed by atoms with Crippen molar-refractivity contribution in [3.63, 3.8) is 0 Å². The zero-order chi connectivity index (χ0) is 13.8. The average Bonchev–Trinajstić information content (AvgIpc) is 2.95. The number of hydrogen-bond donors (Lipinski definition) is 0. The second-order valence-corrected chi connectivity index (χ2v) is 5.08. The summed E-state index contributed by atoms with van der Waals surface area (Å²) in [6.07, 6.45) is 4.27. The number of aryl methyl sites for hydroxylation is 1. The molecule has 0 unspecified atom stereocenters. The van der Waals surface area contributed by atoms with Gasteiger partial charge in [0.15, 0.2) is 0 Å². The highest BCUT2D eigenvalue weighted by Gasteiger charge is 2.00. The molecule has 20 heavy (non-hydrogen) atoms. The lowest BCUT2D eigenvalue weighted by Gasteiger charge is -2.06. The molecule has 0 aliphatic rings. The van der Waals surface area contributed by atoms with Crippen LogP contribution in [0.5, 0.6) is 0 Å². The van der Waals surface area contributed by atoms with Gasteiger partial charge >= 0.3 is 0 Å². The zero-order valence-electron chi connectivity index (χ0n) is 11.5. The number of rotatable bonds is 4. The molecule has 0 spiro atoms. The van der Waals surface area contributed by atoms with E-state index in [9.17, 15) is 0 Å². The Morgan fingerprint density at radius 2 is 1.75 bits per heavy atom. The quantitative estimate of drug-likeness (QED) is 0.723. The highest BCUT2D eigenvalue weighted by Crippen LogP contribution is 2.13.